The Morgan fingerprint density at radius 1 is 0.857 bits per heavy atom. The number of hydrogen-bond donors (Lipinski definition) is 0. The molecule has 2 rings (SSSR count). The quantitative estimate of drug-likeness (QED) is 0.654. The van der Waals surface area contributed by atoms with Crippen LogP contribution in [0.4, 0.5) is 0 Å². The summed E-state index contributed by atoms with van der Waals surface area (Å²) in [6, 6.07) is 16.1. The summed E-state index contributed by atoms with van der Waals surface area (Å²) in [7, 11) is 0. The highest BCUT2D eigenvalue weighted by Crippen LogP contribution is 2.08. The van der Waals surface area contributed by atoms with E-state index in [1.54, 1.807) is 36.4 Å². The average molecular weight is 183 g/mol. The number of ketones is 1. The van der Waals surface area contributed by atoms with Crippen molar-refractivity contribution in [2.24, 2.45) is 0 Å². The van der Waals surface area contributed by atoms with Crippen molar-refractivity contribution in [3.8, 4) is 0 Å². The standard InChI is InChI=1S/C13H10O/c14-13(11-7-3-1-4-8-11)12-9-5-2-6-10-12/h1-10H/i1D. The lowest BCUT2D eigenvalue weighted by Crippen LogP contribution is -1.99. The van der Waals surface area contributed by atoms with Crippen LogP contribution in [0.5, 0.6) is 0 Å². The van der Waals surface area contributed by atoms with Crippen molar-refractivity contribution in [1.29, 1.82) is 0 Å². The fraction of sp³-hybridized carbons (Fsp3) is 0. The van der Waals surface area contributed by atoms with Crippen molar-refractivity contribution < 1.29 is 6.17 Å². The zero-order chi connectivity index (χ0) is 10.7. The lowest BCUT2D eigenvalue weighted by molar-refractivity contribution is 0.103. The molecule has 0 saturated heterocycles. The summed E-state index contributed by atoms with van der Waals surface area (Å²) in [5.74, 6) is -0.00407. The maximum absolute atomic E-state index is 11.9. The highest BCUT2D eigenvalue weighted by atomic mass is 16.1. The van der Waals surface area contributed by atoms with Gasteiger partial charge in [-0.2, -0.15) is 0 Å². The van der Waals surface area contributed by atoms with E-state index in [4.69, 9.17) is 1.37 Å². The van der Waals surface area contributed by atoms with E-state index in [0.717, 1.165) is 0 Å². The normalized spacial score (nSPS) is 10.7. The van der Waals surface area contributed by atoms with Crippen molar-refractivity contribution in [3.05, 3.63) is 71.8 Å². The topological polar surface area (TPSA) is 17.1 Å². The first-order chi connectivity index (χ1) is 7.27. The van der Waals surface area contributed by atoms with Crippen molar-refractivity contribution in [2.75, 3.05) is 0 Å². The van der Waals surface area contributed by atoms with E-state index in [9.17, 15) is 4.79 Å². The van der Waals surface area contributed by atoms with Gasteiger partial charge in [0.1, 0.15) is 0 Å². The Bertz CT molecular complexity index is 460. The Kier molecular flexibility index (Phi) is 2.08. The predicted molar refractivity (Wildman–Crippen MR) is 56.3 cm³/mol. The number of benzene rings is 2. The molecule has 2 aromatic rings. The third kappa shape index (κ3) is 1.72. The van der Waals surface area contributed by atoms with Gasteiger partial charge in [-0.1, -0.05) is 60.6 Å². The molecule has 0 heterocycles. The summed E-state index contributed by atoms with van der Waals surface area (Å²) >= 11 is 0. The zero-order valence-electron chi connectivity index (χ0n) is 8.60. The molecule has 0 aliphatic rings. The minimum atomic E-state index is -0.00407. The van der Waals surface area contributed by atoms with Crippen LogP contribution in [0.1, 0.15) is 17.3 Å². The predicted octanol–water partition coefficient (Wildman–Crippen LogP) is 2.92. The smallest absolute Gasteiger partial charge is 0.193 e. The molecule has 0 aliphatic carbocycles. The molecule has 0 N–H and O–H groups in total. The maximum Gasteiger partial charge on any atom is 0.193 e. The van der Waals surface area contributed by atoms with Gasteiger partial charge >= 0.3 is 0 Å². The van der Waals surface area contributed by atoms with Gasteiger partial charge in [0.05, 0.1) is 1.37 Å². The van der Waals surface area contributed by atoms with Gasteiger partial charge in [-0.25, -0.2) is 0 Å². The van der Waals surface area contributed by atoms with E-state index in [2.05, 4.69) is 0 Å². The van der Waals surface area contributed by atoms with E-state index >= 15 is 0 Å². The van der Waals surface area contributed by atoms with Gasteiger partial charge in [-0.15, -0.1) is 0 Å². The summed E-state index contributed by atoms with van der Waals surface area (Å²) in [5, 5.41) is 0. The van der Waals surface area contributed by atoms with Crippen LogP contribution in [0.3, 0.4) is 0 Å². The van der Waals surface area contributed by atoms with E-state index in [-0.39, 0.29) is 5.78 Å². The van der Waals surface area contributed by atoms with Crippen LogP contribution in [0.15, 0.2) is 60.6 Å². The number of carbonyl (C=O) groups excluding carboxylic acids is 1. The van der Waals surface area contributed by atoms with Gasteiger partial charge in [-0.05, 0) is 0 Å². The van der Waals surface area contributed by atoms with Gasteiger partial charge in [0.15, 0.2) is 5.78 Å². The Hall–Kier alpha value is -1.89. The zero-order valence-corrected chi connectivity index (χ0v) is 7.60. The van der Waals surface area contributed by atoms with E-state index in [1.165, 1.54) is 0 Å². The van der Waals surface area contributed by atoms with Gasteiger partial charge < -0.3 is 0 Å². The summed E-state index contributed by atoms with van der Waals surface area (Å²) in [6.45, 7) is 0. The molecule has 68 valence electrons. The molecule has 0 saturated carbocycles. The molecule has 0 aromatic heterocycles. The second-order valence-electron chi connectivity index (χ2n) is 2.98. The van der Waals surface area contributed by atoms with Crippen molar-refractivity contribution in [3.63, 3.8) is 0 Å². The fourth-order valence-corrected chi connectivity index (χ4v) is 1.29. The van der Waals surface area contributed by atoms with Gasteiger partial charge in [0, 0.05) is 11.1 Å². The highest BCUT2D eigenvalue weighted by Gasteiger charge is 2.06. The average Bonchev–Trinajstić information content (AvgIpc) is 2.30. The SMILES string of the molecule is [2H]c1ccc(C(=O)c2ccccc2)cc1. The van der Waals surface area contributed by atoms with Crippen molar-refractivity contribution >= 4 is 5.78 Å². The second kappa shape index (κ2) is 3.88. The van der Waals surface area contributed by atoms with E-state index < -0.39 is 0 Å². The van der Waals surface area contributed by atoms with E-state index in [0.29, 0.717) is 17.2 Å². The molecular formula is C13H10O. The highest BCUT2D eigenvalue weighted by molar-refractivity contribution is 6.08. The molecule has 0 fully saturated rings. The largest absolute Gasteiger partial charge is 0.289 e. The van der Waals surface area contributed by atoms with Crippen LogP contribution >= 0.6 is 0 Å². The minimum Gasteiger partial charge on any atom is -0.289 e. The lowest BCUT2D eigenvalue weighted by atomic mass is 10.0. The Morgan fingerprint density at radius 3 is 1.93 bits per heavy atom. The first-order valence-electron chi connectivity index (χ1n) is 4.94. The number of carbonyl (C=O) groups is 1. The molecule has 0 unspecified atom stereocenters. The maximum atomic E-state index is 11.9. The molecule has 0 spiro atoms. The number of hydrogen-bond acceptors (Lipinski definition) is 1. The fourth-order valence-electron chi connectivity index (χ4n) is 1.29. The van der Waals surface area contributed by atoms with Crippen LogP contribution in [-0.2, 0) is 0 Å². The third-order valence-electron chi connectivity index (χ3n) is 2.02. The van der Waals surface area contributed by atoms with Crippen LogP contribution in [-0.4, -0.2) is 5.78 Å². The Labute approximate surface area is 84.4 Å². The Morgan fingerprint density at radius 2 is 1.36 bits per heavy atom. The van der Waals surface area contributed by atoms with E-state index in [1.807, 2.05) is 18.2 Å². The summed E-state index contributed by atoms with van der Waals surface area (Å²) in [6.07, 6.45) is 0. The molecule has 0 bridgehead atoms. The van der Waals surface area contributed by atoms with Gasteiger partial charge in [0.25, 0.3) is 0 Å². The van der Waals surface area contributed by atoms with Crippen molar-refractivity contribution in [2.45, 2.75) is 0 Å². The van der Waals surface area contributed by atoms with Crippen LogP contribution in [0.25, 0.3) is 0 Å². The van der Waals surface area contributed by atoms with Crippen molar-refractivity contribution in [1.82, 2.24) is 0 Å². The second-order valence-corrected chi connectivity index (χ2v) is 2.98. The minimum absolute atomic E-state index is 0.00407. The Balaban J connectivity index is 2.33. The summed E-state index contributed by atoms with van der Waals surface area (Å²) in [5.41, 5.74) is 1.30. The van der Waals surface area contributed by atoms with Crippen LogP contribution in [0, 0.1) is 0 Å². The summed E-state index contributed by atoms with van der Waals surface area (Å²) < 4.78 is 7.33. The molecule has 0 radical (unpaired) electrons. The molecule has 0 amide bonds. The molecular weight excluding hydrogens is 172 g/mol. The van der Waals surface area contributed by atoms with Gasteiger partial charge in [0.2, 0.25) is 0 Å². The van der Waals surface area contributed by atoms with Crippen LogP contribution in [0.2, 0.25) is 0 Å². The van der Waals surface area contributed by atoms with Gasteiger partial charge in [-0.3, -0.25) is 4.79 Å². The molecule has 14 heavy (non-hydrogen) atoms. The molecule has 2 aromatic carbocycles. The number of rotatable bonds is 2. The van der Waals surface area contributed by atoms with Crippen LogP contribution < -0.4 is 0 Å². The third-order valence-corrected chi connectivity index (χ3v) is 2.02. The molecule has 0 atom stereocenters. The molecule has 1 nitrogen and oxygen atoms in total. The lowest BCUT2D eigenvalue weighted by Gasteiger charge is -1.99. The first kappa shape index (κ1) is 7.51. The summed E-state index contributed by atoms with van der Waals surface area (Å²) in [4.78, 5) is 11.9. The first-order valence-corrected chi connectivity index (χ1v) is 4.44. The molecule has 1 heteroatoms. The molecule has 0 aliphatic heterocycles. The monoisotopic (exact) mass is 183 g/mol.